The molecule has 0 spiro atoms. The summed E-state index contributed by atoms with van der Waals surface area (Å²) in [5.41, 5.74) is 0.687. The molecule has 1 aromatic heterocycles. The Kier molecular flexibility index (Phi) is 7.03. The molecule has 0 fully saturated rings. The van der Waals surface area contributed by atoms with E-state index in [1.165, 1.54) is 30.5 Å². The molecule has 1 amide bonds. The molecule has 0 aliphatic rings. The van der Waals surface area contributed by atoms with Gasteiger partial charge in [0.25, 0.3) is 5.91 Å². The summed E-state index contributed by atoms with van der Waals surface area (Å²) in [4.78, 5) is 24.0. The van der Waals surface area contributed by atoms with Crippen molar-refractivity contribution < 1.29 is 27.2 Å². The molecule has 1 heterocycles. The number of esters is 1. The second kappa shape index (κ2) is 9.70. The van der Waals surface area contributed by atoms with Crippen molar-refractivity contribution in [2.45, 2.75) is 11.4 Å². The van der Waals surface area contributed by atoms with Gasteiger partial charge in [-0.05, 0) is 60.7 Å². The van der Waals surface area contributed by atoms with Crippen LogP contribution in [0.2, 0.25) is 0 Å². The third-order valence-electron chi connectivity index (χ3n) is 3.88. The van der Waals surface area contributed by atoms with Crippen LogP contribution in [-0.2, 0) is 26.1 Å². The molecule has 2 aromatic carbocycles. The molecule has 0 bridgehead atoms. The lowest BCUT2D eigenvalue weighted by Crippen LogP contribution is -2.23. The number of hydrogen-bond acceptors (Lipinski definition) is 6. The summed E-state index contributed by atoms with van der Waals surface area (Å²) in [6.07, 6.45) is 1.45. The molecular weight excluding hydrogens is 476 g/mol. The summed E-state index contributed by atoms with van der Waals surface area (Å²) < 4.78 is 37.9. The minimum Gasteiger partial charge on any atom is -0.468 e. The Morgan fingerprint density at radius 2 is 1.70 bits per heavy atom. The van der Waals surface area contributed by atoms with E-state index >= 15 is 0 Å². The molecule has 30 heavy (non-hydrogen) atoms. The Balaban J connectivity index is 1.52. The Bertz CT molecular complexity index is 1110. The van der Waals surface area contributed by atoms with Crippen LogP contribution >= 0.6 is 15.9 Å². The van der Waals surface area contributed by atoms with E-state index in [9.17, 15) is 18.0 Å². The number of carbonyl (C=O) groups is 2. The molecular formula is C20H17BrN2O6S. The number of ether oxygens (including phenoxy) is 1. The standard InChI is InChI=1S/C20H17BrN2O6S/c21-15-5-7-16(8-6-15)23-19(24)13-29-20(25)14-3-9-18(10-4-14)30(26,27)22-12-17-2-1-11-28-17/h1-11,22H,12-13H2,(H,23,24). The average molecular weight is 493 g/mol. The highest BCUT2D eigenvalue weighted by Gasteiger charge is 2.16. The van der Waals surface area contributed by atoms with Crippen LogP contribution in [0.4, 0.5) is 5.69 Å². The molecule has 0 atom stereocenters. The predicted molar refractivity (Wildman–Crippen MR) is 112 cm³/mol. The van der Waals surface area contributed by atoms with Gasteiger partial charge in [-0.3, -0.25) is 4.79 Å². The zero-order valence-corrected chi connectivity index (χ0v) is 17.9. The molecule has 3 rings (SSSR count). The summed E-state index contributed by atoms with van der Waals surface area (Å²) in [6.45, 7) is -0.466. The molecule has 0 aliphatic carbocycles. The lowest BCUT2D eigenvalue weighted by atomic mass is 10.2. The van der Waals surface area contributed by atoms with Crippen molar-refractivity contribution in [3.63, 3.8) is 0 Å². The number of sulfonamides is 1. The van der Waals surface area contributed by atoms with E-state index in [1.807, 2.05) is 0 Å². The van der Waals surface area contributed by atoms with Crippen LogP contribution in [0.5, 0.6) is 0 Å². The quantitative estimate of drug-likeness (QED) is 0.466. The predicted octanol–water partition coefficient (Wildman–Crippen LogP) is 3.32. The molecule has 3 aromatic rings. The first-order chi connectivity index (χ1) is 14.3. The van der Waals surface area contributed by atoms with Gasteiger partial charge in [-0.1, -0.05) is 15.9 Å². The highest BCUT2D eigenvalue weighted by atomic mass is 79.9. The summed E-state index contributed by atoms with van der Waals surface area (Å²) in [6, 6.07) is 15.4. The van der Waals surface area contributed by atoms with E-state index in [4.69, 9.17) is 9.15 Å². The van der Waals surface area contributed by atoms with E-state index in [-0.39, 0.29) is 17.0 Å². The van der Waals surface area contributed by atoms with Gasteiger partial charge in [0.2, 0.25) is 10.0 Å². The summed E-state index contributed by atoms with van der Waals surface area (Å²) in [5.74, 6) is -0.763. The lowest BCUT2D eigenvalue weighted by Gasteiger charge is -2.08. The van der Waals surface area contributed by atoms with Gasteiger partial charge in [0, 0.05) is 10.2 Å². The fourth-order valence-electron chi connectivity index (χ4n) is 2.38. The van der Waals surface area contributed by atoms with E-state index in [2.05, 4.69) is 26.0 Å². The fourth-order valence-corrected chi connectivity index (χ4v) is 3.64. The number of nitrogens with one attached hydrogen (secondary N) is 2. The van der Waals surface area contributed by atoms with Crippen LogP contribution in [0.3, 0.4) is 0 Å². The summed E-state index contributed by atoms with van der Waals surface area (Å²) in [5, 5.41) is 2.60. The zero-order chi connectivity index (χ0) is 21.6. The minimum atomic E-state index is -3.77. The largest absolute Gasteiger partial charge is 0.468 e. The Hall–Kier alpha value is -2.95. The highest BCUT2D eigenvalue weighted by Crippen LogP contribution is 2.15. The third-order valence-corrected chi connectivity index (χ3v) is 5.82. The number of carbonyl (C=O) groups excluding carboxylic acids is 2. The first-order valence-electron chi connectivity index (χ1n) is 8.68. The Morgan fingerprint density at radius 1 is 1.00 bits per heavy atom. The molecule has 0 radical (unpaired) electrons. The van der Waals surface area contributed by atoms with E-state index in [1.54, 1.807) is 36.4 Å². The maximum atomic E-state index is 12.3. The average Bonchev–Trinajstić information content (AvgIpc) is 3.26. The van der Waals surface area contributed by atoms with Gasteiger partial charge >= 0.3 is 5.97 Å². The van der Waals surface area contributed by atoms with Gasteiger partial charge in [0.05, 0.1) is 23.3 Å². The number of anilines is 1. The van der Waals surface area contributed by atoms with Crippen molar-refractivity contribution in [1.29, 1.82) is 0 Å². The summed E-state index contributed by atoms with van der Waals surface area (Å²) >= 11 is 3.29. The number of rotatable bonds is 8. The normalized spacial score (nSPS) is 11.1. The van der Waals surface area contributed by atoms with Gasteiger partial charge in [0.15, 0.2) is 6.61 Å². The first kappa shape index (κ1) is 21.8. The number of amides is 1. The number of halogens is 1. The van der Waals surface area contributed by atoms with E-state index in [0.29, 0.717) is 11.4 Å². The molecule has 0 saturated heterocycles. The van der Waals surface area contributed by atoms with Crippen LogP contribution in [-0.4, -0.2) is 26.9 Å². The smallest absolute Gasteiger partial charge is 0.338 e. The monoisotopic (exact) mass is 492 g/mol. The fraction of sp³-hybridized carbons (Fsp3) is 0.100. The second-order valence-electron chi connectivity index (χ2n) is 6.06. The van der Waals surface area contributed by atoms with Crippen LogP contribution in [0.25, 0.3) is 0 Å². The van der Waals surface area contributed by atoms with Gasteiger partial charge in [0.1, 0.15) is 5.76 Å². The molecule has 0 saturated carbocycles. The molecule has 8 nitrogen and oxygen atoms in total. The number of furan rings is 1. The molecule has 2 N–H and O–H groups in total. The van der Waals surface area contributed by atoms with Crippen molar-refractivity contribution in [2.24, 2.45) is 0 Å². The van der Waals surface area contributed by atoms with Crippen LogP contribution in [0, 0.1) is 0 Å². The van der Waals surface area contributed by atoms with E-state index in [0.717, 1.165) is 4.47 Å². The molecule has 10 heteroatoms. The third kappa shape index (κ3) is 6.02. The Labute approximate surface area is 181 Å². The minimum absolute atomic E-state index is 0.00655. The van der Waals surface area contributed by atoms with Crippen LogP contribution in [0.1, 0.15) is 16.1 Å². The second-order valence-corrected chi connectivity index (χ2v) is 8.74. The lowest BCUT2D eigenvalue weighted by molar-refractivity contribution is -0.119. The number of hydrogen-bond donors (Lipinski definition) is 2. The van der Waals surface area contributed by atoms with Gasteiger partial charge in [-0.2, -0.15) is 0 Å². The molecule has 0 aliphatic heterocycles. The first-order valence-corrected chi connectivity index (χ1v) is 11.0. The molecule has 0 unspecified atom stereocenters. The van der Waals surface area contributed by atoms with Crippen LogP contribution in [0.15, 0.2) is 80.7 Å². The van der Waals surface area contributed by atoms with Crippen LogP contribution < -0.4 is 10.0 Å². The van der Waals surface area contributed by atoms with Crippen molar-refractivity contribution in [3.05, 3.63) is 82.7 Å². The van der Waals surface area contributed by atoms with Crippen molar-refractivity contribution in [2.75, 3.05) is 11.9 Å². The topological polar surface area (TPSA) is 115 Å². The molecule has 156 valence electrons. The van der Waals surface area contributed by atoms with Crippen molar-refractivity contribution >= 4 is 43.5 Å². The van der Waals surface area contributed by atoms with E-state index < -0.39 is 28.5 Å². The number of benzene rings is 2. The van der Waals surface area contributed by atoms with Gasteiger partial charge in [-0.15, -0.1) is 0 Å². The SMILES string of the molecule is O=C(COC(=O)c1ccc(S(=O)(=O)NCc2ccco2)cc1)Nc1ccc(Br)cc1. The maximum absolute atomic E-state index is 12.3. The summed E-state index contributed by atoms with van der Waals surface area (Å²) in [7, 11) is -3.77. The zero-order valence-electron chi connectivity index (χ0n) is 15.5. The van der Waals surface area contributed by atoms with Gasteiger partial charge < -0.3 is 14.5 Å². The van der Waals surface area contributed by atoms with Gasteiger partial charge in [-0.25, -0.2) is 17.9 Å². The highest BCUT2D eigenvalue weighted by molar-refractivity contribution is 9.10. The van der Waals surface area contributed by atoms with Crippen molar-refractivity contribution in [3.8, 4) is 0 Å². The maximum Gasteiger partial charge on any atom is 0.338 e. The van der Waals surface area contributed by atoms with Crippen molar-refractivity contribution in [1.82, 2.24) is 4.72 Å². The Morgan fingerprint density at radius 3 is 2.33 bits per heavy atom.